The first-order valence-corrected chi connectivity index (χ1v) is 6.31. The number of carbonyl (C=O) groups excluding carboxylic acids is 1. The van der Waals surface area contributed by atoms with Crippen LogP contribution in [0, 0.1) is 0 Å². The van der Waals surface area contributed by atoms with Gasteiger partial charge in [-0.2, -0.15) is 0 Å². The van der Waals surface area contributed by atoms with Crippen LogP contribution in [0.1, 0.15) is 43.9 Å². The highest BCUT2D eigenvalue weighted by molar-refractivity contribution is 5.67. The third-order valence-corrected chi connectivity index (χ3v) is 2.81. The number of hydrogen-bond acceptors (Lipinski definition) is 3. The van der Waals surface area contributed by atoms with Crippen molar-refractivity contribution in [3.8, 4) is 0 Å². The minimum atomic E-state index is -0.430. The van der Waals surface area contributed by atoms with Crippen LogP contribution in [0.2, 0.25) is 0 Å². The normalized spacial score (nSPS) is 12.3. The number of hydrogen-bond donors (Lipinski definition) is 2. The van der Waals surface area contributed by atoms with E-state index in [1.165, 1.54) is 5.56 Å². The Hall–Kier alpha value is -1.55. The number of ether oxygens (including phenoxy) is 1. The molecular formula is C14H22N2O2. The van der Waals surface area contributed by atoms with Crippen LogP contribution in [0.25, 0.3) is 0 Å². The second kappa shape index (κ2) is 7.01. The van der Waals surface area contributed by atoms with E-state index in [-0.39, 0.29) is 6.04 Å². The van der Waals surface area contributed by atoms with Crippen molar-refractivity contribution in [3.05, 3.63) is 35.4 Å². The topological polar surface area (TPSA) is 64.3 Å². The Bertz CT molecular complexity index is 374. The number of amides is 1. The first-order valence-electron chi connectivity index (χ1n) is 6.31. The Balaban J connectivity index is 2.73. The van der Waals surface area contributed by atoms with Crippen molar-refractivity contribution in [2.45, 2.75) is 32.7 Å². The Labute approximate surface area is 109 Å². The molecule has 1 amide bonds. The lowest BCUT2D eigenvalue weighted by Crippen LogP contribution is -2.33. The highest BCUT2D eigenvalue weighted by atomic mass is 16.5. The number of alkyl carbamates (subject to hydrolysis) is 1. The lowest BCUT2D eigenvalue weighted by molar-refractivity contribution is 0.148. The summed E-state index contributed by atoms with van der Waals surface area (Å²) in [6.07, 6.45) is -0.430. The van der Waals surface area contributed by atoms with Gasteiger partial charge in [0.2, 0.25) is 0 Å². The molecule has 3 N–H and O–H groups in total. The van der Waals surface area contributed by atoms with Gasteiger partial charge in [-0.15, -0.1) is 0 Å². The molecule has 0 aliphatic heterocycles. The van der Waals surface area contributed by atoms with Gasteiger partial charge in [0, 0.05) is 6.54 Å². The van der Waals surface area contributed by atoms with Gasteiger partial charge in [-0.1, -0.05) is 38.1 Å². The molecule has 4 nitrogen and oxygen atoms in total. The maximum atomic E-state index is 11.4. The van der Waals surface area contributed by atoms with Crippen LogP contribution in [-0.2, 0) is 4.74 Å². The summed E-state index contributed by atoms with van der Waals surface area (Å²) in [4.78, 5) is 11.4. The zero-order chi connectivity index (χ0) is 13.5. The van der Waals surface area contributed by atoms with Crippen LogP contribution in [0.15, 0.2) is 24.3 Å². The van der Waals surface area contributed by atoms with Crippen molar-refractivity contribution in [1.29, 1.82) is 0 Å². The van der Waals surface area contributed by atoms with Crippen LogP contribution in [0.4, 0.5) is 4.79 Å². The average Bonchev–Trinajstić information content (AvgIpc) is 2.36. The molecule has 0 saturated heterocycles. The number of carbonyl (C=O) groups is 1. The summed E-state index contributed by atoms with van der Waals surface area (Å²) >= 11 is 0. The van der Waals surface area contributed by atoms with E-state index >= 15 is 0 Å². The molecule has 0 aromatic heterocycles. The molecule has 1 aromatic carbocycles. The summed E-state index contributed by atoms with van der Waals surface area (Å²) in [6, 6.07) is 7.92. The van der Waals surface area contributed by atoms with Gasteiger partial charge >= 0.3 is 6.09 Å². The average molecular weight is 250 g/mol. The van der Waals surface area contributed by atoms with Crippen molar-refractivity contribution in [2.75, 3.05) is 13.2 Å². The Morgan fingerprint density at radius 3 is 2.28 bits per heavy atom. The first-order chi connectivity index (χ1) is 8.58. The molecular weight excluding hydrogens is 228 g/mol. The van der Waals surface area contributed by atoms with Crippen LogP contribution in [0.3, 0.4) is 0 Å². The van der Waals surface area contributed by atoms with E-state index in [4.69, 9.17) is 10.5 Å². The number of benzene rings is 1. The number of rotatable bonds is 5. The molecule has 0 spiro atoms. The molecule has 0 aliphatic carbocycles. The number of nitrogens with one attached hydrogen (secondary N) is 1. The zero-order valence-corrected chi connectivity index (χ0v) is 11.3. The van der Waals surface area contributed by atoms with Crippen molar-refractivity contribution in [3.63, 3.8) is 0 Å². The molecule has 0 aliphatic rings. The summed E-state index contributed by atoms with van der Waals surface area (Å²) in [5.74, 6) is 0.494. The quantitative estimate of drug-likeness (QED) is 0.844. The monoisotopic (exact) mass is 250 g/mol. The molecule has 0 saturated carbocycles. The maximum Gasteiger partial charge on any atom is 0.407 e. The third kappa shape index (κ3) is 4.04. The molecule has 0 bridgehead atoms. The molecule has 0 fully saturated rings. The van der Waals surface area contributed by atoms with E-state index in [0.29, 0.717) is 19.1 Å². The van der Waals surface area contributed by atoms with Crippen LogP contribution < -0.4 is 11.1 Å². The molecule has 100 valence electrons. The summed E-state index contributed by atoms with van der Waals surface area (Å²) < 4.78 is 4.85. The second-order valence-electron chi connectivity index (χ2n) is 4.47. The van der Waals surface area contributed by atoms with Crippen molar-refractivity contribution in [2.24, 2.45) is 5.73 Å². The Morgan fingerprint density at radius 1 is 1.28 bits per heavy atom. The van der Waals surface area contributed by atoms with E-state index in [1.807, 2.05) is 12.1 Å². The number of nitrogens with two attached hydrogens (primary N) is 1. The molecule has 1 unspecified atom stereocenters. The predicted octanol–water partition coefficient (Wildman–Crippen LogP) is 2.56. The van der Waals surface area contributed by atoms with E-state index in [2.05, 4.69) is 31.3 Å². The Kier molecular flexibility index (Phi) is 5.65. The van der Waals surface area contributed by atoms with E-state index in [0.717, 1.165) is 5.56 Å². The van der Waals surface area contributed by atoms with Crippen molar-refractivity contribution >= 4 is 6.09 Å². The van der Waals surface area contributed by atoms with Crippen LogP contribution in [0.5, 0.6) is 0 Å². The third-order valence-electron chi connectivity index (χ3n) is 2.81. The fraction of sp³-hybridized carbons (Fsp3) is 0.500. The van der Waals surface area contributed by atoms with Crippen molar-refractivity contribution < 1.29 is 9.53 Å². The van der Waals surface area contributed by atoms with E-state index < -0.39 is 6.09 Å². The fourth-order valence-corrected chi connectivity index (χ4v) is 1.71. The smallest absolute Gasteiger partial charge is 0.407 e. The van der Waals surface area contributed by atoms with Gasteiger partial charge in [-0.25, -0.2) is 4.79 Å². The van der Waals surface area contributed by atoms with Crippen LogP contribution in [-0.4, -0.2) is 19.2 Å². The summed E-state index contributed by atoms with van der Waals surface area (Å²) in [5.41, 5.74) is 7.94. The zero-order valence-electron chi connectivity index (χ0n) is 11.3. The molecule has 4 heteroatoms. The minimum Gasteiger partial charge on any atom is -0.450 e. The maximum absolute atomic E-state index is 11.4. The van der Waals surface area contributed by atoms with E-state index in [1.54, 1.807) is 6.92 Å². The molecule has 0 heterocycles. The second-order valence-corrected chi connectivity index (χ2v) is 4.47. The minimum absolute atomic E-state index is 0.203. The van der Waals surface area contributed by atoms with Gasteiger partial charge in [0.15, 0.2) is 0 Å². The van der Waals surface area contributed by atoms with E-state index in [9.17, 15) is 4.79 Å². The highest BCUT2D eigenvalue weighted by Crippen LogP contribution is 2.18. The summed E-state index contributed by atoms with van der Waals surface area (Å²) in [7, 11) is 0. The summed E-state index contributed by atoms with van der Waals surface area (Å²) in [5, 5.41) is 2.75. The SMILES string of the molecule is CCOC(=O)NC(CN)c1ccc(C(C)C)cc1. The van der Waals surface area contributed by atoms with Gasteiger partial charge in [-0.3, -0.25) is 0 Å². The molecule has 18 heavy (non-hydrogen) atoms. The molecule has 1 rings (SSSR count). The lowest BCUT2D eigenvalue weighted by atomic mass is 9.99. The van der Waals surface area contributed by atoms with Gasteiger partial charge in [-0.05, 0) is 24.0 Å². The highest BCUT2D eigenvalue weighted by Gasteiger charge is 2.13. The van der Waals surface area contributed by atoms with Gasteiger partial charge < -0.3 is 15.8 Å². The Morgan fingerprint density at radius 2 is 1.83 bits per heavy atom. The molecule has 1 aromatic rings. The fourth-order valence-electron chi connectivity index (χ4n) is 1.71. The van der Waals surface area contributed by atoms with Gasteiger partial charge in [0.05, 0.1) is 12.6 Å². The summed E-state index contributed by atoms with van der Waals surface area (Å²) in [6.45, 7) is 6.77. The molecule has 1 atom stereocenters. The lowest BCUT2D eigenvalue weighted by Gasteiger charge is -2.17. The van der Waals surface area contributed by atoms with Gasteiger partial charge in [0.25, 0.3) is 0 Å². The van der Waals surface area contributed by atoms with Gasteiger partial charge in [0.1, 0.15) is 0 Å². The molecule has 0 radical (unpaired) electrons. The predicted molar refractivity (Wildman–Crippen MR) is 72.5 cm³/mol. The standard InChI is InChI=1S/C14H22N2O2/c1-4-18-14(17)16-13(9-15)12-7-5-11(6-8-12)10(2)3/h5-8,10,13H,4,9,15H2,1-3H3,(H,16,17). The largest absolute Gasteiger partial charge is 0.450 e. The first kappa shape index (κ1) is 14.5. The van der Waals surface area contributed by atoms with Crippen molar-refractivity contribution in [1.82, 2.24) is 5.32 Å². The van der Waals surface area contributed by atoms with Crippen LogP contribution >= 0.6 is 0 Å².